The van der Waals surface area contributed by atoms with E-state index in [1.807, 2.05) is 36.4 Å². The first-order valence-electron chi connectivity index (χ1n) is 20.3. The first kappa shape index (κ1) is 36.3. The van der Waals surface area contributed by atoms with Crippen molar-refractivity contribution in [2.45, 2.75) is 0 Å². The van der Waals surface area contributed by atoms with Crippen molar-refractivity contribution in [2.75, 3.05) is 0 Å². The molecule has 0 saturated heterocycles. The molecule has 0 saturated carbocycles. The predicted octanol–water partition coefficient (Wildman–Crippen LogP) is 14.9. The molecular formula is C57H39N3. The molecule has 282 valence electrons. The first-order valence-corrected chi connectivity index (χ1v) is 20.3. The lowest BCUT2D eigenvalue weighted by atomic mass is 9.82. The van der Waals surface area contributed by atoms with Gasteiger partial charge < -0.3 is 0 Å². The van der Waals surface area contributed by atoms with Crippen LogP contribution in [0.4, 0.5) is 0 Å². The Morgan fingerprint density at radius 3 is 1.02 bits per heavy atom. The number of benzene rings is 8. The third kappa shape index (κ3) is 7.32. The zero-order valence-corrected chi connectivity index (χ0v) is 32.9. The number of hydrogen-bond acceptors (Lipinski definition) is 3. The van der Waals surface area contributed by atoms with Crippen molar-refractivity contribution in [1.82, 2.24) is 15.0 Å². The van der Waals surface area contributed by atoms with E-state index in [0.717, 1.165) is 95.1 Å². The summed E-state index contributed by atoms with van der Waals surface area (Å²) in [6.07, 6.45) is 0. The Morgan fingerprint density at radius 2 is 0.550 bits per heavy atom. The van der Waals surface area contributed by atoms with Gasteiger partial charge in [-0.1, -0.05) is 224 Å². The number of nitrogens with zero attached hydrogens (tertiary/aromatic N) is 3. The second-order valence-corrected chi connectivity index (χ2v) is 14.8. The van der Waals surface area contributed by atoms with Gasteiger partial charge in [-0.15, -0.1) is 0 Å². The molecule has 0 radical (unpaired) electrons. The van der Waals surface area contributed by atoms with Gasteiger partial charge in [-0.2, -0.15) is 0 Å². The molecule has 0 atom stereocenters. The molecule has 10 rings (SSSR count). The minimum atomic E-state index is 0.703. The van der Waals surface area contributed by atoms with Gasteiger partial charge in [-0.3, -0.25) is 0 Å². The van der Waals surface area contributed by atoms with Gasteiger partial charge in [0.1, 0.15) is 0 Å². The van der Waals surface area contributed by atoms with Crippen molar-refractivity contribution >= 4 is 0 Å². The standard InChI is InChI=1S/C57H39N3/c1-7-20-41(21-8-1)50-39-51(59-57(58-50)47-30-17-6-18-31-47)42-36-34-40(35-37-42)48-32-19-33-49(38-48)52-53(43-22-9-2-10-23-43)55(45-26-13-4-14-27-45)60-56(46-28-15-5-16-29-46)54(52)44-24-11-3-12-25-44/h1-39H. The third-order valence-electron chi connectivity index (χ3n) is 10.9. The molecule has 0 aliphatic heterocycles. The largest absolute Gasteiger partial charge is 0.246 e. The molecule has 2 aromatic heterocycles. The fourth-order valence-corrected chi connectivity index (χ4v) is 8.01. The highest BCUT2D eigenvalue weighted by atomic mass is 14.9. The molecule has 0 fully saturated rings. The molecule has 0 spiro atoms. The molecule has 0 bridgehead atoms. The van der Waals surface area contributed by atoms with Crippen LogP contribution in [-0.2, 0) is 0 Å². The van der Waals surface area contributed by atoms with E-state index in [2.05, 4.69) is 200 Å². The van der Waals surface area contributed by atoms with Crippen LogP contribution in [0.3, 0.4) is 0 Å². The Labute approximate surface area is 351 Å². The van der Waals surface area contributed by atoms with E-state index in [9.17, 15) is 0 Å². The van der Waals surface area contributed by atoms with Gasteiger partial charge in [0.05, 0.1) is 22.8 Å². The lowest BCUT2D eigenvalue weighted by Crippen LogP contribution is -2.01. The molecule has 8 aromatic carbocycles. The Balaban J connectivity index is 1.16. The fraction of sp³-hybridized carbons (Fsp3) is 0. The molecule has 3 heteroatoms. The topological polar surface area (TPSA) is 38.7 Å². The van der Waals surface area contributed by atoms with Gasteiger partial charge in [0.15, 0.2) is 5.82 Å². The van der Waals surface area contributed by atoms with E-state index in [1.54, 1.807) is 0 Å². The summed E-state index contributed by atoms with van der Waals surface area (Å²) in [6.45, 7) is 0. The first-order chi connectivity index (χ1) is 29.8. The Kier molecular flexibility index (Phi) is 9.97. The SMILES string of the molecule is c1ccc(-c2cc(-c3ccc(-c4cccc(-c5c(-c6ccccc6)c(-c6ccccc6)nc(-c6ccccc6)c5-c5ccccc5)c4)cc3)nc(-c3ccccc3)n2)cc1. The second-order valence-electron chi connectivity index (χ2n) is 14.8. The molecule has 0 aliphatic rings. The Bertz CT molecular complexity index is 2870. The minimum absolute atomic E-state index is 0.703. The molecule has 0 unspecified atom stereocenters. The van der Waals surface area contributed by atoms with Gasteiger partial charge >= 0.3 is 0 Å². The quantitative estimate of drug-likeness (QED) is 0.147. The average molecular weight is 766 g/mol. The number of aromatic nitrogens is 3. The van der Waals surface area contributed by atoms with Gasteiger partial charge in [0, 0.05) is 44.5 Å². The van der Waals surface area contributed by atoms with Crippen LogP contribution in [0.2, 0.25) is 0 Å². The summed E-state index contributed by atoms with van der Waals surface area (Å²) in [4.78, 5) is 15.7. The predicted molar refractivity (Wildman–Crippen MR) is 249 cm³/mol. The summed E-state index contributed by atoms with van der Waals surface area (Å²) in [5.41, 5.74) is 17.8. The summed E-state index contributed by atoms with van der Waals surface area (Å²) < 4.78 is 0. The van der Waals surface area contributed by atoms with Crippen LogP contribution in [0.15, 0.2) is 237 Å². The van der Waals surface area contributed by atoms with Gasteiger partial charge in [0.25, 0.3) is 0 Å². The second kappa shape index (κ2) is 16.5. The molecular weight excluding hydrogens is 727 g/mol. The summed E-state index contributed by atoms with van der Waals surface area (Å²) in [6, 6.07) is 82.9. The highest BCUT2D eigenvalue weighted by Gasteiger charge is 2.25. The molecule has 0 aliphatic carbocycles. The van der Waals surface area contributed by atoms with Crippen molar-refractivity contribution in [2.24, 2.45) is 0 Å². The van der Waals surface area contributed by atoms with Crippen LogP contribution in [0.25, 0.3) is 101 Å². The molecule has 60 heavy (non-hydrogen) atoms. The van der Waals surface area contributed by atoms with Gasteiger partial charge in [-0.05, 0) is 39.9 Å². The highest BCUT2D eigenvalue weighted by molar-refractivity contribution is 6.05. The summed E-state index contributed by atoms with van der Waals surface area (Å²) >= 11 is 0. The number of rotatable bonds is 9. The van der Waals surface area contributed by atoms with Crippen molar-refractivity contribution in [3.05, 3.63) is 237 Å². The van der Waals surface area contributed by atoms with Gasteiger partial charge in [0.2, 0.25) is 0 Å². The lowest BCUT2D eigenvalue weighted by Gasteiger charge is -2.23. The van der Waals surface area contributed by atoms with E-state index in [4.69, 9.17) is 15.0 Å². The fourth-order valence-electron chi connectivity index (χ4n) is 8.01. The van der Waals surface area contributed by atoms with Crippen LogP contribution in [0.1, 0.15) is 0 Å². The average Bonchev–Trinajstić information content (AvgIpc) is 3.35. The van der Waals surface area contributed by atoms with E-state index >= 15 is 0 Å². The monoisotopic (exact) mass is 765 g/mol. The van der Waals surface area contributed by atoms with Gasteiger partial charge in [-0.25, -0.2) is 15.0 Å². The van der Waals surface area contributed by atoms with Crippen LogP contribution in [0, 0.1) is 0 Å². The maximum absolute atomic E-state index is 5.61. The van der Waals surface area contributed by atoms with E-state index < -0.39 is 0 Å². The zero-order valence-electron chi connectivity index (χ0n) is 32.9. The zero-order chi connectivity index (χ0) is 40.1. The normalized spacial score (nSPS) is 11.0. The maximum atomic E-state index is 5.61. The third-order valence-corrected chi connectivity index (χ3v) is 10.9. The highest BCUT2D eigenvalue weighted by Crippen LogP contribution is 2.49. The Hall–Kier alpha value is -8.01. The molecule has 10 aromatic rings. The number of pyridine rings is 1. The summed E-state index contributed by atoms with van der Waals surface area (Å²) in [5, 5.41) is 0. The molecule has 3 nitrogen and oxygen atoms in total. The summed E-state index contributed by atoms with van der Waals surface area (Å²) in [5.74, 6) is 0.703. The van der Waals surface area contributed by atoms with Crippen LogP contribution in [-0.4, -0.2) is 15.0 Å². The smallest absolute Gasteiger partial charge is 0.160 e. The van der Waals surface area contributed by atoms with Crippen LogP contribution in [0.5, 0.6) is 0 Å². The molecule has 2 heterocycles. The Morgan fingerprint density at radius 1 is 0.200 bits per heavy atom. The van der Waals surface area contributed by atoms with Crippen molar-refractivity contribution < 1.29 is 0 Å². The molecule has 0 amide bonds. The van der Waals surface area contributed by atoms with E-state index in [0.29, 0.717) is 5.82 Å². The van der Waals surface area contributed by atoms with E-state index in [-0.39, 0.29) is 0 Å². The van der Waals surface area contributed by atoms with Crippen LogP contribution >= 0.6 is 0 Å². The maximum Gasteiger partial charge on any atom is 0.160 e. The van der Waals surface area contributed by atoms with E-state index in [1.165, 1.54) is 0 Å². The minimum Gasteiger partial charge on any atom is -0.246 e. The van der Waals surface area contributed by atoms with Crippen molar-refractivity contribution in [3.63, 3.8) is 0 Å². The summed E-state index contributed by atoms with van der Waals surface area (Å²) in [7, 11) is 0. The van der Waals surface area contributed by atoms with Crippen molar-refractivity contribution in [3.8, 4) is 101 Å². The van der Waals surface area contributed by atoms with Crippen LogP contribution < -0.4 is 0 Å². The lowest BCUT2D eigenvalue weighted by molar-refractivity contribution is 1.18. The molecule has 0 N–H and O–H groups in total. The van der Waals surface area contributed by atoms with Crippen molar-refractivity contribution in [1.29, 1.82) is 0 Å². The number of hydrogen-bond donors (Lipinski definition) is 0.